The lowest BCUT2D eigenvalue weighted by molar-refractivity contribution is 0.399. The Balaban J connectivity index is 1.92. The average Bonchev–Trinajstić information content (AvgIpc) is 2.80. The highest BCUT2D eigenvalue weighted by Crippen LogP contribution is 2.27. The molecule has 0 aliphatic carbocycles. The molecule has 0 saturated carbocycles. The van der Waals surface area contributed by atoms with Gasteiger partial charge in [0.15, 0.2) is 0 Å². The van der Waals surface area contributed by atoms with Gasteiger partial charge in [-0.05, 0) is 52.2 Å². The van der Waals surface area contributed by atoms with Crippen LogP contribution in [-0.2, 0) is 22.9 Å². The first kappa shape index (κ1) is 24.2. The summed E-state index contributed by atoms with van der Waals surface area (Å²) in [4.78, 5) is 9.40. The molecule has 0 fully saturated rings. The molecule has 0 aliphatic heterocycles. The fraction of sp³-hybridized carbons (Fsp3) is 0.304. The quantitative estimate of drug-likeness (QED) is 0.433. The van der Waals surface area contributed by atoms with Gasteiger partial charge in [-0.25, -0.2) is 23.1 Å². The molecular weight excluding hydrogens is 494 g/mol. The number of nitrogens with zero attached hydrogens (tertiary/aromatic N) is 2. The Morgan fingerprint density at radius 1 is 1.03 bits per heavy atom. The molecule has 3 aromatic rings. The molecule has 9 heteroatoms. The van der Waals surface area contributed by atoms with Gasteiger partial charge in [0.1, 0.15) is 17.3 Å². The Morgan fingerprint density at radius 3 is 2.53 bits per heavy atom. The lowest BCUT2D eigenvalue weighted by Crippen LogP contribution is -2.25. The van der Waals surface area contributed by atoms with Crippen LogP contribution in [0.25, 0.3) is 0 Å². The van der Waals surface area contributed by atoms with Crippen molar-refractivity contribution in [2.75, 3.05) is 20.8 Å². The summed E-state index contributed by atoms with van der Waals surface area (Å²) in [6.07, 6.45) is 3.19. The number of benzene rings is 2. The highest BCUT2D eigenvalue weighted by molar-refractivity contribution is 9.10. The third-order valence-corrected chi connectivity index (χ3v) is 7.09. The molecular formula is C23H26BrN3O4S. The van der Waals surface area contributed by atoms with E-state index in [0.717, 1.165) is 23.5 Å². The SMILES string of the molecule is CCCNS(=O)(=O)c1ccccc1Cc1nc(Cc2cc(OC)ccc2OC)ncc1Br. The summed E-state index contributed by atoms with van der Waals surface area (Å²) in [5, 5.41) is 0. The molecule has 0 atom stereocenters. The molecule has 170 valence electrons. The number of sulfonamides is 1. The zero-order chi connectivity index (χ0) is 23.1. The number of aromatic nitrogens is 2. The molecule has 1 heterocycles. The van der Waals surface area contributed by atoms with Gasteiger partial charge >= 0.3 is 0 Å². The van der Waals surface area contributed by atoms with Gasteiger partial charge in [-0.15, -0.1) is 0 Å². The average molecular weight is 520 g/mol. The molecule has 0 radical (unpaired) electrons. The van der Waals surface area contributed by atoms with E-state index >= 15 is 0 Å². The van der Waals surface area contributed by atoms with Gasteiger partial charge in [-0.1, -0.05) is 25.1 Å². The van der Waals surface area contributed by atoms with E-state index in [-0.39, 0.29) is 4.90 Å². The molecule has 0 spiro atoms. The predicted octanol–water partition coefficient (Wildman–Crippen LogP) is 4.13. The van der Waals surface area contributed by atoms with Crippen LogP contribution in [0, 0.1) is 0 Å². The maximum atomic E-state index is 12.7. The molecule has 0 aliphatic rings. The third-order valence-electron chi connectivity index (χ3n) is 4.86. The zero-order valence-electron chi connectivity index (χ0n) is 18.3. The molecule has 1 N–H and O–H groups in total. The monoisotopic (exact) mass is 519 g/mol. The Kier molecular flexibility index (Phi) is 8.22. The van der Waals surface area contributed by atoms with Crippen LogP contribution >= 0.6 is 15.9 Å². The van der Waals surface area contributed by atoms with Crippen LogP contribution in [0.1, 0.15) is 36.0 Å². The molecule has 7 nitrogen and oxygen atoms in total. The third kappa shape index (κ3) is 5.85. The molecule has 0 amide bonds. The van der Waals surface area contributed by atoms with Crippen molar-refractivity contribution in [1.82, 2.24) is 14.7 Å². The second-order valence-electron chi connectivity index (χ2n) is 7.12. The fourth-order valence-electron chi connectivity index (χ4n) is 3.25. The van der Waals surface area contributed by atoms with Gasteiger partial charge in [0.05, 0.1) is 29.3 Å². The summed E-state index contributed by atoms with van der Waals surface area (Å²) < 4.78 is 39.6. The van der Waals surface area contributed by atoms with Gasteiger partial charge in [0, 0.05) is 31.1 Å². The number of hydrogen-bond acceptors (Lipinski definition) is 6. The second-order valence-corrected chi connectivity index (χ2v) is 9.71. The van der Waals surface area contributed by atoms with E-state index in [2.05, 4.69) is 25.6 Å². The minimum atomic E-state index is -3.60. The topological polar surface area (TPSA) is 90.4 Å². The van der Waals surface area contributed by atoms with E-state index in [1.807, 2.05) is 31.2 Å². The van der Waals surface area contributed by atoms with Crippen LogP contribution in [0.15, 0.2) is 58.0 Å². The van der Waals surface area contributed by atoms with Crippen LogP contribution in [-0.4, -0.2) is 39.2 Å². The van der Waals surface area contributed by atoms with E-state index < -0.39 is 10.0 Å². The fourth-order valence-corrected chi connectivity index (χ4v) is 4.95. The largest absolute Gasteiger partial charge is 0.497 e. The zero-order valence-corrected chi connectivity index (χ0v) is 20.7. The first-order valence-corrected chi connectivity index (χ1v) is 12.4. The smallest absolute Gasteiger partial charge is 0.240 e. The normalized spacial score (nSPS) is 11.4. The minimum Gasteiger partial charge on any atom is -0.497 e. The van der Waals surface area contributed by atoms with Crippen molar-refractivity contribution in [3.05, 3.63) is 75.8 Å². The van der Waals surface area contributed by atoms with E-state index in [4.69, 9.17) is 14.5 Å². The maximum Gasteiger partial charge on any atom is 0.240 e. The van der Waals surface area contributed by atoms with Crippen LogP contribution in [0.5, 0.6) is 11.5 Å². The molecule has 0 bridgehead atoms. The highest BCUT2D eigenvalue weighted by Gasteiger charge is 2.19. The Bertz CT molecular complexity index is 1190. The minimum absolute atomic E-state index is 0.259. The first-order valence-electron chi connectivity index (χ1n) is 10.2. The van der Waals surface area contributed by atoms with Crippen molar-refractivity contribution in [2.24, 2.45) is 0 Å². The second kappa shape index (κ2) is 10.9. The maximum absolute atomic E-state index is 12.7. The lowest BCUT2D eigenvalue weighted by Gasteiger charge is -2.13. The molecule has 0 saturated heterocycles. The summed E-state index contributed by atoms with van der Waals surface area (Å²) in [6.45, 7) is 2.31. The van der Waals surface area contributed by atoms with Crippen molar-refractivity contribution < 1.29 is 17.9 Å². The number of ether oxygens (including phenoxy) is 2. The van der Waals surface area contributed by atoms with Gasteiger partial charge in [0.25, 0.3) is 0 Å². The van der Waals surface area contributed by atoms with Crippen LogP contribution in [0.4, 0.5) is 0 Å². The van der Waals surface area contributed by atoms with Crippen molar-refractivity contribution in [2.45, 2.75) is 31.1 Å². The Morgan fingerprint density at radius 2 is 1.81 bits per heavy atom. The summed E-state index contributed by atoms with van der Waals surface area (Å²) >= 11 is 3.51. The molecule has 3 rings (SSSR count). The standard InChI is InChI=1S/C23H26BrN3O4S/c1-4-11-26-32(28,29)22-8-6-5-7-16(22)13-20-19(24)15-25-23(27-20)14-17-12-18(30-2)9-10-21(17)31-3/h5-10,12,15,26H,4,11,13-14H2,1-3H3. The number of rotatable bonds is 10. The van der Waals surface area contributed by atoms with Crippen LogP contribution < -0.4 is 14.2 Å². The predicted molar refractivity (Wildman–Crippen MR) is 127 cm³/mol. The van der Waals surface area contributed by atoms with Gasteiger partial charge in [-0.2, -0.15) is 0 Å². The van der Waals surface area contributed by atoms with Gasteiger partial charge in [0.2, 0.25) is 10.0 Å². The van der Waals surface area contributed by atoms with E-state index in [0.29, 0.717) is 40.9 Å². The number of methoxy groups -OCH3 is 2. The summed E-state index contributed by atoms with van der Waals surface area (Å²) in [6, 6.07) is 12.5. The molecule has 1 aromatic heterocycles. The molecule has 2 aromatic carbocycles. The Labute approximate surface area is 197 Å². The van der Waals surface area contributed by atoms with Crippen molar-refractivity contribution in [3.63, 3.8) is 0 Å². The van der Waals surface area contributed by atoms with E-state index in [9.17, 15) is 8.42 Å². The van der Waals surface area contributed by atoms with E-state index in [1.54, 1.807) is 38.6 Å². The van der Waals surface area contributed by atoms with Crippen molar-refractivity contribution in [3.8, 4) is 11.5 Å². The Hall–Kier alpha value is -2.49. The number of hydrogen-bond donors (Lipinski definition) is 1. The van der Waals surface area contributed by atoms with E-state index in [1.165, 1.54) is 0 Å². The summed E-state index contributed by atoms with van der Waals surface area (Å²) in [7, 11) is -0.375. The summed E-state index contributed by atoms with van der Waals surface area (Å²) in [5.74, 6) is 2.04. The first-order chi connectivity index (χ1) is 15.4. The van der Waals surface area contributed by atoms with Gasteiger partial charge < -0.3 is 9.47 Å². The highest BCUT2D eigenvalue weighted by atomic mass is 79.9. The molecule has 32 heavy (non-hydrogen) atoms. The summed E-state index contributed by atoms with van der Waals surface area (Å²) in [5.41, 5.74) is 2.27. The van der Waals surface area contributed by atoms with Crippen LogP contribution in [0.3, 0.4) is 0 Å². The molecule has 0 unspecified atom stereocenters. The van der Waals surface area contributed by atoms with Crippen LogP contribution in [0.2, 0.25) is 0 Å². The number of halogens is 1. The van der Waals surface area contributed by atoms with Crippen molar-refractivity contribution >= 4 is 26.0 Å². The number of nitrogens with one attached hydrogen (secondary N) is 1. The lowest BCUT2D eigenvalue weighted by atomic mass is 10.1. The van der Waals surface area contributed by atoms with Gasteiger partial charge in [-0.3, -0.25) is 0 Å². The van der Waals surface area contributed by atoms with Crippen molar-refractivity contribution in [1.29, 1.82) is 0 Å².